The van der Waals surface area contributed by atoms with E-state index in [1.807, 2.05) is 0 Å². The third-order valence-electron chi connectivity index (χ3n) is 7.56. The van der Waals surface area contributed by atoms with Crippen molar-refractivity contribution in [2.45, 2.75) is 30.8 Å². The Kier molecular flexibility index (Phi) is 11.9. The molecule has 1 N–H and O–H groups in total. The van der Waals surface area contributed by atoms with Gasteiger partial charge in [-0.05, 0) is 48.9 Å². The van der Waals surface area contributed by atoms with E-state index in [-0.39, 0.29) is 45.0 Å². The zero-order valence-electron chi connectivity index (χ0n) is 26.0. The highest BCUT2D eigenvalue weighted by atomic mass is 35.5. The number of methoxy groups -OCH3 is 1. The molecule has 0 aliphatic carbocycles. The molecule has 0 radical (unpaired) electrons. The van der Waals surface area contributed by atoms with Crippen LogP contribution in [0.4, 0.5) is 11.4 Å². The Balaban J connectivity index is 1.91. The molecule has 0 spiro atoms. The summed E-state index contributed by atoms with van der Waals surface area (Å²) in [4.78, 5) is 39.8. The van der Waals surface area contributed by atoms with Gasteiger partial charge in [0.15, 0.2) is 0 Å². The smallest absolute Gasteiger partial charge is 0.273 e. The SMILES string of the molecule is CNC(=O)[C@H](Cc1ccccc1)N(Cc1c(Cl)cccc1Cl)C(=O)CN(c1cc(Cl)ccc1OC)S(=O)(=O)c1ccc(C)c([N+](=O)[O-])c1. The number of carbonyl (C=O) groups excluding carboxylic acids is 2. The second-order valence-corrected chi connectivity index (χ2v) is 13.7. The summed E-state index contributed by atoms with van der Waals surface area (Å²) in [6.45, 7) is 0.336. The van der Waals surface area contributed by atoms with Crippen LogP contribution in [0.15, 0.2) is 89.8 Å². The summed E-state index contributed by atoms with van der Waals surface area (Å²) >= 11 is 19.3. The van der Waals surface area contributed by atoms with Crippen LogP contribution in [0.3, 0.4) is 0 Å². The van der Waals surface area contributed by atoms with Crippen molar-refractivity contribution in [3.05, 3.63) is 127 Å². The third-order valence-corrected chi connectivity index (χ3v) is 10.3. The lowest BCUT2D eigenvalue weighted by atomic mass is 10.0. The van der Waals surface area contributed by atoms with Gasteiger partial charge >= 0.3 is 0 Å². The number of nitro groups is 1. The fourth-order valence-electron chi connectivity index (χ4n) is 5.02. The number of carbonyl (C=O) groups is 2. The van der Waals surface area contributed by atoms with Crippen LogP contribution in [0.2, 0.25) is 15.1 Å². The highest BCUT2D eigenvalue weighted by molar-refractivity contribution is 7.92. The number of anilines is 1. The van der Waals surface area contributed by atoms with Gasteiger partial charge in [0, 0.05) is 52.3 Å². The molecule has 4 rings (SSSR count). The molecule has 1 atom stereocenters. The Bertz CT molecular complexity index is 1920. The summed E-state index contributed by atoms with van der Waals surface area (Å²) in [5.41, 5.74) is 0.746. The Hall–Kier alpha value is -4.36. The molecule has 0 aliphatic rings. The number of hydrogen-bond donors (Lipinski definition) is 1. The van der Waals surface area contributed by atoms with E-state index in [0.717, 1.165) is 15.9 Å². The van der Waals surface area contributed by atoms with E-state index >= 15 is 0 Å². The number of aryl methyl sites for hydroxylation is 1. The lowest BCUT2D eigenvalue weighted by molar-refractivity contribution is -0.385. The number of benzene rings is 4. The zero-order chi connectivity index (χ0) is 35.2. The first-order valence-electron chi connectivity index (χ1n) is 14.4. The monoisotopic (exact) mass is 732 g/mol. The van der Waals surface area contributed by atoms with E-state index in [2.05, 4.69) is 5.32 Å². The standard InChI is InChI=1S/C33H31Cl3N4O7S/c1-21-12-14-24(18-28(21)40(43)44)48(45,46)39(29-17-23(34)13-15-31(29)47-3)20-32(41)38(19-25-26(35)10-7-11-27(25)36)30(33(42)37-2)16-22-8-5-4-6-9-22/h4-15,17-18,30H,16,19-20H2,1-3H3,(H,37,42)/t30-/m0/s1. The maximum atomic E-state index is 14.6. The van der Waals surface area contributed by atoms with Crippen molar-refractivity contribution in [1.29, 1.82) is 0 Å². The average Bonchev–Trinajstić information content (AvgIpc) is 3.06. The minimum Gasteiger partial charge on any atom is -0.495 e. The van der Waals surface area contributed by atoms with E-state index in [1.165, 1.54) is 56.3 Å². The lowest BCUT2D eigenvalue weighted by Crippen LogP contribution is -2.53. The van der Waals surface area contributed by atoms with Crippen LogP contribution >= 0.6 is 34.8 Å². The molecule has 4 aromatic carbocycles. The van der Waals surface area contributed by atoms with Crippen LogP contribution in [0.5, 0.6) is 5.75 Å². The first kappa shape index (κ1) is 36.5. The van der Waals surface area contributed by atoms with Gasteiger partial charge in [0.2, 0.25) is 11.8 Å². The fourth-order valence-corrected chi connectivity index (χ4v) is 7.14. The van der Waals surface area contributed by atoms with E-state index < -0.39 is 49.9 Å². The van der Waals surface area contributed by atoms with E-state index in [9.17, 15) is 28.1 Å². The third kappa shape index (κ3) is 8.19. The first-order valence-corrected chi connectivity index (χ1v) is 16.9. The van der Waals surface area contributed by atoms with Crippen LogP contribution in [0.25, 0.3) is 0 Å². The molecule has 0 bridgehead atoms. The van der Waals surface area contributed by atoms with Crippen LogP contribution < -0.4 is 14.4 Å². The van der Waals surface area contributed by atoms with E-state index in [1.54, 1.807) is 48.5 Å². The normalized spacial score (nSPS) is 11.8. The number of nitrogens with one attached hydrogen (secondary N) is 1. The summed E-state index contributed by atoms with van der Waals surface area (Å²) in [6, 6.07) is 20.2. The zero-order valence-corrected chi connectivity index (χ0v) is 29.1. The molecule has 15 heteroatoms. The van der Waals surface area contributed by atoms with Crippen molar-refractivity contribution in [2.75, 3.05) is 25.0 Å². The minimum absolute atomic E-state index is 0.0465. The molecule has 11 nitrogen and oxygen atoms in total. The molecule has 48 heavy (non-hydrogen) atoms. The van der Waals surface area contributed by atoms with Crippen molar-refractivity contribution < 1.29 is 27.7 Å². The van der Waals surface area contributed by atoms with Crippen LogP contribution in [-0.2, 0) is 32.6 Å². The molecule has 2 amide bonds. The summed E-state index contributed by atoms with van der Waals surface area (Å²) in [6.07, 6.45) is 0.0612. The van der Waals surface area contributed by atoms with Crippen molar-refractivity contribution in [3.63, 3.8) is 0 Å². The van der Waals surface area contributed by atoms with Gasteiger partial charge in [-0.1, -0.05) is 77.3 Å². The minimum atomic E-state index is -4.71. The average molecular weight is 734 g/mol. The second kappa shape index (κ2) is 15.7. The second-order valence-electron chi connectivity index (χ2n) is 10.6. The molecule has 0 unspecified atom stereocenters. The van der Waals surface area contributed by atoms with Crippen LogP contribution in [0.1, 0.15) is 16.7 Å². The van der Waals surface area contributed by atoms with Gasteiger partial charge in [0.25, 0.3) is 15.7 Å². The number of rotatable bonds is 13. The Morgan fingerprint density at radius 1 is 0.958 bits per heavy atom. The molecule has 0 saturated heterocycles. The topological polar surface area (TPSA) is 139 Å². The fraction of sp³-hybridized carbons (Fsp3) is 0.212. The molecule has 0 heterocycles. The van der Waals surface area contributed by atoms with Gasteiger partial charge in [0.1, 0.15) is 18.3 Å². The number of nitro benzene ring substituents is 1. The summed E-state index contributed by atoms with van der Waals surface area (Å²) < 4.78 is 35.0. The highest BCUT2D eigenvalue weighted by Crippen LogP contribution is 2.36. The number of nitrogens with zero attached hydrogens (tertiary/aromatic N) is 3. The summed E-state index contributed by atoms with van der Waals surface area (Å²) in [5, 5.41) is 14.9. The largest absolute Gasteiger partial charge is 0.495 e. The predicted molar refractivity (Wildman–Crippen MR) is 185 cm³/mol. The number of likely N-dealkylation sites (N-methyl/N-ethyl adjacent to an activating group) is 1. The summed E-state index contributed by atoms with van der Waals surface area (Å²) in [7, 11) is -1.99. The molecule has 0 aromatic heterocycles. The lowest BCUT2D eigenvalue weighted by Gasteiger charge is -2.34. The predicted octanol–water partition coefficient (Wildman–Crippen LogP) is 6.45. The Morgan fingerprint density at radius 3 is 2.23 bits per heavy atom. The van der Waals surface area contributed by atoms with Crippen molar-refractivity contribution in [2.24, 2.45) is 0 Å². The Labute approximate surface area is 293 Å². The van der Waals surface area contributed by atoms with Gasteiger partial charge in [-0.2, -0.15) is 0 Å². The maximum absolute atomic E-state index is 14.6. The van der Waals surface area contributed by atoms with Gasteiger partial charge < -0.3 is 15.0 Å². The molecule has 0 fully saturated rings. The molecule has 0 aliphatic heterocycles. The van der Waals surface area contributed by atoms with Crippen molar-refractivity contribution >= 4 is 68.0 Å². The van der Waals surface area contributed by atoms with Gasteiger partial charge in [-0.15, -0.1) is 0 Å². The van der Waals surface area contributed by atoms with Crippen LogP contribution in [0, 0.1) is 17.0 Å². The molecule has 0 saturated carbocycles. The van der Waals surface area contributed by atoms with Gasteiger partial charge in [0.05, 0.1) is 22.6 Å². The number of ether oxygens (including phenoxy) is 1. The van der Waals surface area contributed by atoms with Crippen molar-refractivity contribution in [3.8, 4) is 5.75 Å². The summed E-state index contributed by atoms with van der Waals surface area (Å²) in [5.74, 6) is -1.30. The van der Waals surface area contributed by atoms with E-state index in [4.69, 9.17) is 39.5 Å². The van der Waals surface area contributed by atoms with Crippen LogP contribution in [-0.4, -0.2) is 56.8 Å². The maximum Gasteiger partial charge on any atom is 0.273 e. The molecule has 252 valence electrons. The Morgan fingerprint density at radius 2 is 1.62 bits per heavy atom. The number of halogens is 3. The number of amides is 2. The number of hydrogen-bond acceptors (Lipinski definition) is 7. The molecular weight excluding hydrogens is 703 g/mol. The molecule has 4 aromatic rings. The van der Waals surface area contributed by atoms with Gasteiger partial charge in [-0.25, -0.2) is 8.42 Å². The molecular formula is C33H31Cl3N4O7S. The first-order chi connectivity index (χ1) is 22.8. The highest BCUT2D eigenvalue weighted by Gasteiger charge is 2.36. The quantitative estimate of drug-likeness (QED) is 0.123. The van der Waals surface area contributed by atoms with E-state index in [0.29, 0.717) is 5.56 Å². The van der Waals surface area contributed by atoms with Crippen molar-refractivity contribution in [1.82, 2.24) is 10.2 Å². The number of sulfonamides is 1. The van der Waals surface area contributed by atoms with Gasteiger partial charge in [-0.3, -0.25) is 24.0 Å².